The summed E-state index contributed by atoms with van der Waals surface area (Å²) in [6.45, 7) is -0.0430. The fourth-order valence-electron chi connectivity index (χ4n) is 1.64. The second-order valence-corrected chi connectivity index (χ2v) is 4.81. The molecular weight excluding hydrogens is 325 g/mol. The molecule has 0 bridgehead atoms. The Labute approximate surface area is 115 Å². The number of aliphatic hydroxyl groups is 1. The highest BCUT2D eigenvalue weighted by Gasteiger charge is 2.33. The lowest BCUT2D eigenvalue weighted by Gasteiger charge is -2.12. The van der Waals surface area contributed by atoms with E-state index >= 15 is 0 Å². The van der Waals surface area contributed by atoms with E-state index in [1.165, 1.54) is 6.20 Å². The first kappa shape index (κ1) is 14.1. The van der Waals surface area contributed by atoms with Gasteiger partial charge in [0.05, 0.1) is 12.6 Å². The molecule has 2 rings (SSSR count). The van der Waals surface area contributed by atoms with Gasteiger partial charge in [-0.25, -0.2) is 0 Å². The average Bonchev–Trinajstić information content (AvgIpc) is 2.77. The van der Waals surface area contributed by atoms with Gasteiger partial charge >= 0.3 is 6.18 Å². The molecule has 1 unspecified atom stereocenters. The number of rotatable bonds is 3. The number of aromatic nitrogens is 2. The average molecular weight is 335 g/mol. The molecule has 0 spiro atoms. The minimum Gasteiger partial charge on any atom is -0.386 e. The highest BCUT2D eigenvalue weighted by atomic mass is 79.9. The van der Waals surface area contributed by atoms with Crippen molar-refractivity contribution in [3.8, 4) is 0 Å². The summed E-state index contributed by atoms with van der Waals surface area (Å²) >= 11 is 3.28. The third kappa shape index (κ3) is 3.36. The molecule has 0 fully saturated rings. The monoisotopic (exact) mass is 334 g/mol. The van der Waals surface area contributed by atoms with Crippen LogP contribution in [-0.4, -0.2) is 14.9 Å². The Kier molecular flexibility index (Phi) is 3.96. The number of nitrogens with zero attached hydrogens (tertiary/aromatic N) is 2. The minimum atomic E-state index is -4.47. The summed E-state index contributed by atoms with van der Waals surface area (Å²) in [5, 5.41) is 13.4. The zero-order chi connectivity index (χ0) is 14.0. The zero-order valence-electron chi connectivity index (χ0n) is 9.60. The molecule has 19 heavy (non-hydrogen) atoms. The fourth-order valence-corrected chi connectivity index (χ4v) is 2.18. The van der Waals surface area contributed by atoms with E-state index in [1.807, 2.05) is 0 Å². The van der Waals surface area contributed by atoms with Crippen molar-refractivity contribution < 1.29 is 18.3 Å². The summed E-state index contributed by atoms with van der Waals surface area (Å²) in [6, 6.07) is 7.86. The van der Waals surface area contributed by atoms with Gasteiger partial charge in [0.25, 0.3) is 0 Å². The number of alkyl halides is 3. The summed E-state index contributed by atoms with van der Waals surface area (Å²) < 4.78 is 38.9. The summed E-state index contributed by atoms with van der Waals surface area (Å²) in [6.07, 6.45) is -4.21. The predicted octanol–water partition coefficient (Wildman–Crippen LogP) is 3.40. The Hall–Kier alpha value is -1.34. The van der Waals surface area contributed by atoms with Crippen molar-refractivity contribution in [2.24, 2.45) is 0 Å². The molecule has 0 aliphatic carbocycles. The van der Waals surface area contributed by atoms with Gasteiger partial charge < -0.3 is 5.11 Å². The largest absolute Gasteiger partial charge is 0.435 e. The van der Waals surface area contributed by atoms with Gasteiger partial charge in [0.15, 0.2) is 5.69 Å². The number of hydrogen-bond acceptors (Lipinski definition) is 2. The summed E-state index contributed by atoms with van der Waals surface area (Å²) in [7, 11) is 0. The Bertz CT molecular complexity index is 568. The van der Waals surface area contributed by atoms with Crippen molar-refractivity contribution in [2.75, 3.05) is 0 Å². The van der Waals surface area contributed by atoms with E-state index in [0.717, 1.165) is 10.7 Å². The van der Waals surface area contributed by atoms with Crippen molar-refractivity contribution in [3.63, 3.8) is 0 Å². The quantitative estimate of drug-likeness (QED) is 0.934. The molecule has 1 heterocycles. The first-order valence-electron chi connectivity index (χ1n) is 5.41. The molecule has 3 nitrogen and oxygen atoms in total. The van der Waals surface area contributed by atoms with Gasteiger partial charge in [-0.15, -0.1) is 0 Å². The molecule has 1 N–H and O–H groups in total. The topological polar surface area (TPSA) is 38.0 Å². The van der Waals surface area contributed by atoms with Gasteiger partial charge in [-0.2, -0.15) is 18.3 Å². The molecule has 102 valence electrons. The van der Waals surface area contributed by atoms with Crippen molar-refractivity contribution in [3.05, 3.63) is 52.3 Å². The molecule has 0 aliphatic rings. The van der Waals surface area contributed by atoms with Crippen LogP contribution in [0.15, 0.2) is 41.0 Å². The van der Waals surface area contributed by atoms with Crippen LogP contribution >= 0.6 is 15.9 Å². The highest BCUT2D eigenvalue weighted by Crippen LogP contribution is 2.28. The van der Waals surface area contributed by atoms with Gasteiger partial charge in [0.2, 0.25) is 0 Å². The molecule has 0 saturated heterocycles. The van der Waals surface area contributed by atoms with Crippen molar-refractivity contribution in [2.45, 2.75) is 18.8 Å². The fraction of sp³-hybridized carbons (Fsp3) is 0.250. The number of aliphatic hydroxyl groups excluding tert-OH is 1. The standard InChI is InChI=1S/C12H10BrF3N2O/c13-9-4-2-1-3-8(9)10(19)7-18-6-5-11(17-18)12(14,15)16/h1-6,10,19H,7H2. The molecule has 2 aromatic rings. The Morgan fingerprint density at radius 2 is 1.95 bits per heavy atom. The van der Waals surface area contributed by atoms with Gasteiger partial charge in [0.1, 0.15) is 0 Å². The number of hydrogen-bond donors (Lipinski definition) is 1. The lowest BCUT2D eigenvalue weighted by Crippen LogP contribution is -2.12. The maximum absolute atomic E-state index is 12.4. The maximum Gasteiger partial charge on any atom is 0.435 e. The second kappa shape index (κ2) is 5.34. The first-order chi connectivity index (χ1) is 8.88. The van der Waals surface area contributed by atoms with E-state index < -0.39 is 18.0 Å². The number of benzene rings is 1. The third-order valence-corrected chi connectivity index (χ3v) is 3.28. The van der Waals surface area contributed by atoms with Gasteiger partial charge in [-0.3, -0.25) is 4.68 Å². The molecule has 7 heteroatoms. The molecule has 1 aromatic carbocycles. The van der Waals surface area contributed by atoms with Crippen LogP contribution in [0.2, 0.25) is 0 Å². The van der Waals surface area contributed by atoms with Crippen LogP contribution in [0.1, 0.15) is 17.4 Å². The van der Waals surface area contributed by atoms with Crippen LogP contribution < -0.4 is 0 Å². The third-order valence-electron chi connectivity index (χ3n) is 2.56. The van der Waals surface area contributed by atoms with E-state index in [0.29, 0.717) is 10.0 Å². The summed E-state index contributed by atoms with van der Waals surface area (Å²) in [5.41, 5.74) is -0.363. The van der Waals surface area contributed by atoms with Gasteiger partial charge in [0, 0.05) is 10.7 Å². The lowest BCUT2D eigenvalue weighted by atomic mass is 10.1. The summed E-state index contributed by atoms with van der Waals surface area (Å²) in [4.78, 5) is 0. The highest BCUT2D eigenvalue weighted by molar-refractivity contribution is 9.10. The molecule has 0 radical (unpaired) electrons. The van der Waals surface area contributed by atoms with Crippen molar-refractivity contribution in [1.29, 1.82) is 0 Å². The minimum absolute atomic E-state index is 0.0430. The van der Waals surface area contributed by atoms with Crippen LogP contribution in [0.3, 0.4) is 0 Å². The maximum atomic E-state index is 12.4. The summed E-state index contributed by atoms with van der Waals surface area (Å²) in [5.74, 6) is 0. The van der Waals surface area contributed by atoms with Gasteiger partial charge in [-0.05, 0) is 17.7 Å². The molecule has 1 aromatic heterocycles. The van der Waals surface area contributed by atoms with Gasteiger partial charge in [-0.1, -0.05) is 34.1 Å². The normalized spacial score (nSPS) is 13.5. The molecule has 0 saturated carbocycles. The van der Waals surface area contributed by atoms with Crippen LogP contribution in [0, 0.1) is 0 Å². The number of halogens is 4. The second-order valence-electron chi connectivity index (χ2n) is 3.96. The predicted molar refractivity (Wildman–Crippen MR) is 66.3 cm³/mol. The molecule has 0 amide bonds. The van der Waals surface area contributed by atoms with Crippen LogP contribution in [-0.2, 0) is 12.7 Å². The Balaban J connectivity index is 2.14. The van der Waals surface area contributed by atoms with E-state index in [2.05, 4.69) is 21.0 Å². The molecular formula is C12H10BrF3N2O. The van der Waals surface area contributed by atoms with E-state index in [1.54, 1.807) is 24.3 Å². The first-order valence-corrected chi connectivity index (χ1v) is 6.20. The van der Waals surface area contributed by atoms with Crippen LogP contribution in [0.5, 0.6) is 0 Å². The van der Waals surface area contributed by atoms with E-state index in [-0.39, 0.29) is 6.54 Å². The van der Waals surface area contributed by atoms with Crippen LogP contribution in [0.25, 0.3) is 0 Å². The Morgan fingerprint density at radius 3 is 2.53 bits per heavy atom. The Morgan fingerprint density at radius 1 is 1.26 bits per heavy atom. The van der Waals surface area contributed by atoms with E-state index in [9.17, 15) is 18.3 Å². The molecule has 0 aliphatic heterocycles. The van der Waals surface area contributed by atoms with Crippen molar-refractivity contribution in [1.82, 2.24) is 9.78 Å². The molecule has 1 atom stereocenters. The SMILES string of the molecule is OC(Cn1ccc(C(F)(F)F)n1)c1ccccc1Br. The zero-order valence-corrected chi connectivity index (χ0v) is 11.2. The van der Waals surface area contributed by atoms with Crippen LogP contribution in [0.4, 0.5) is 13.2 Å². The smallest absolute Gasteiger partial charge is 0.386 e. The lowest BCUT2D eigenvalue weighted by molar-refractivity contribution is -0.141. The van der Waals surface area contributed by atoms with Crippen molar-refractivity contribution >= 4 is 15.9 Å². The van der Waals surface area contributed by atoms with E-state index in [4.69, 9.17) is 0 Å².